The lowest BCUT2D eigenvalue weighted by Crippen LogP contribution is -2.36. The number of oxazole rings is 1. The molecule has 0 bridgehead atoms. The first-order valence-corrected chi connectivity index (χ1v) is 9.47. The second kappa shape index (κ2) is 7.96. The molecule has 1 aromatic carbocycles. The molecule has 9 heteroatoms. The van der Waals surface area contributed by atoms with Gasteiger partial charge in [0.1, 0.15) is 11.6 Å². The molecule has 0 saturated carbocycles. The molecule has 142 valence electrons. The van der Waals surface area contributed by atoms with E-state index in [1.54, 1.807) is 6.92 Å². The third kappa shape index (κ3) is 4.10. The summed E-state index contributed by atoms with van der Waals surface area (Å²) >= 11 is 0. The van der Waals surface area contributed by atoms with Gasteiger partial charge in [-0.15, -0.1) is 0 Å². The average molecular weight is 384 g/mol. The Morgan fingerprint density at radius 3 is 2.65 bits per heavy atom. The van der Waals surface area contributed by atoms with Gasteiger partial charge in [0, 0.05) is 18.9 Å². The largest absolute Gasteiger partial charge is 0.483 e. The van der Waals surface area contributed by atoms with Crippen molar-refractivity contribution in [2.45, 2.75) is 44.6 Å². The van der Waals surface area contributed by atoms with Gasteiger partial charge >= 0.3 is 0 Å². The maximum atomic E-state index is 13.5. The number of fused-ring (bicyclic) bond motifs is 1. The van der Waals surface area contributed by atoms with E-state index in [1.165, 1.54) is 16.4 Å². The van der Waals surface area contributed by atoms with Gasteiger partial charge in [0.25, 0.3) is 6.47 Å². The summed E-state index contributed by atoms with van der Waals surface area (Å²) in [6.45, 7) is 5.82. The Hall–Kier alpha value is -2.26. The second-order valence-corrected chi connectivity index (χ2v) is 8.09. The molecule has 2 aromatic rings. The predicted molar refractivity (Wildman–Crippen MR) is 91.7 cm³/mol. The van der Waals surface area contributed by atoms with Crippen LogP contribution in [0.15, 0.2) is 27.5 Å². The summed E-state index contributed by atoms with van der Waals surface area (Å²) in [5.41, 5.74) is 1.18. The SMILES string of the molecule is Cc1ccc(F)cc1S(=O)(=O)N1CCc2oc(C(C)C)nc2C1.O=CO. The summed E-state index contributed by atoms with van der Waals surface area (Å²) in [5.74, 6) is 0.957. The summed E-state index contributed by atoms with van der Waals surface area (Å²) in [4.78, 5) is 12.8. The Morgan fingerprint density at radius 2 is 2.04 bits per heavy atom. The Bertz CT molecular complexity index is 893. The number of carboxylic acid groups (broad SMARTS) is 1. The standard InChI is InChI=1S/C16H19FN2O3S.CH2O2/c1-10(2)16-18-13-9-19(7-6-14(13)22-16)23(20,21)15-8-12(17)5-4-11(15)3;2-1-3/h4-5,8,10H,6-7,9H2,1-3H3;1H,(H,2,3). The van der Waals surface area contributed by atoms with Crippen molar-refractivity contribution in [2.24, 2.45) is 0 Å². The molecule has 1 N–H and O–H groups in total. The minimum atomic E-state index is -3.76. The zero-order valence-corrected chi connectivity index (χ0v) is 15.6. The molecule has 0 amide bonds. The fourth-order valence-electron chi connectivity index (χ4n) is 2.64. The minimum Gasteiger partial charge on any atom is -0.483 e. The summed E-state index contributed by atoms with van der Waals surface area (Å²) in [5, 5.41) is 6.89. The van der Waals surface area contributed by atoms with E-state index < -0.39 is 15.8 Å². The molecule has 0 unspecified atom stereocenters. The Labute approximate surface area is 151 Å². The Balaban J connectivity index is 0.000000758. The third-order valence-corrected chi connectivity index (χ3v) is 5.96. The van der Waals surface area contributed by atoms with E-state index in [-0.39, 0.29) is 23.8 Å². The molecule has 26 heavy (non-hydrogen) atoms. The summed E-state index contributed by atoms with van der Waals surface area (Å²) in [6.07, 6.45) is 0.475. The number of halogens is 1. The van der Waals surface area contributed by atoms with Crippen LogP contribution in [0.5, 0.6) is 0 Å². The molecule has 0 spiro atoms. The van der Waals surface area contributed by atoms with Gasteiger partial charge in [-0.2, -0.15) is 4.31 Å². The minimum absolute atomic E-state index is 0.00790. The smallest absolute Gasteiger partial charge is 0.290 e. The molecule has 0 radical (unpaired) electrons. The van der Waals surface area contributed by atoms with E-state index in [1.807, 2.05) is 13.8 Å². The number of hydrogen-bond acceptors (Lipinski definition) is 5. The number of rotatable bonds is 3. The molecule has 0 atom stereocenters. The molecule has 1 aliphatic heterocycles. The molecular weight excluding hydrogens is 363 g/mol. The van der Waals surface area contributed by atoms with Gasteiger partial charge < -0.3 is 9.52 Å². The first kappa shape index (κ1) is 20.1. The van der Waals surface area contributed by atoms with E-state index in [0.717, 1.165) is 11.8 Å². The molecule has 0 aliphatic carbocycles. The van der Waals surface area contributed by atoms with Crippen molar-refractivity contribution in [1.29, 1.82) is 0 Å². The Morgan fingerprint density at radius 1 is 1.38 bits per heavy atom. The van der Waals surface area contributed by atoms with E-state index in [2.05, 4.69) is 4.98 Å². The highest BCUT2D eigenvalue weighted by atomic mass is 32.2. The monoisotopic (exact) mass is 384 g/mol. The fourth-order valence-corrected chi connectivity index (χ4v) is 4.28. The first-order chi connectivity index (χ1) is 12.2. The van der Waals surface area contributed by atoms with Crippen LogP contribution in [0.4, 0.5) is 4.39 Å². The number of aromatic nitrogens is 1. The number of benzene rings is 1. The molecule has 0 saturated heterocycles. The molecule has 0 fully saturated rings. The highest BCUT2D eigenvalue weighted by molar-refractivity contribution is 7.89. The maximum Gasteiger partial charge on any atom is 0.290 e. The van der Waals surface area contributed by atoms with Crippen LogP contribution in [0.3, 0.4) is 0 Å². The van der Waals surface area contributed by atoms with Crippen molar-refractivity contribution < 1.29 is 27.1 Å². The van der Waals surface area contributed by atoms with Crippen LogP contribution >= 0.6 is 0 Å². The van der Waals surface area contributed by atoms with Crippen molar-refractivity contribution in [3.05, 3.63) is 46.9 Å². The number of sulfonamides is 1. The van der Waals surface area contributed by atoms with E-state index >= 15 is 0 Å². The normalized spacial score (nSPS) is 14.5. The molecule has 7 nitrogen and oxygen atoms in total. The van der Waals surface area contributed by atoms with Crippen LogP contribution < -0.4 is 0 Å². The quantitative estimate of drug-likeness (QED) is 0.817. The van der Waals surface area contributed by atoms with Crippen LogP contribution in [-0.4, -0.2) is 35.8 Å². The second-order valence-electron chi connectivity index (χ2n) is 6.18. The summed E-state index contributed by atoms with van der Waals surface area (Å²) in [7, 11) is -3.76. The summed E-state index contributed by atoms with van der Waals surface area (Å²) < 4.78 is 46.1. The number of carbonyl (C=O) groups is 1. The molecular formula is C17H21FN2O5S. The highest BCUT2D eigenvalue weighted by Crippen LogP contribution is 2.28. The van der Waals surface area contributed by atoms with Gasteiger partial charge in [-0.05, 0) is 24.6 Å². The lowest BCUT2D eigenvalue weighted by Gasteiger charge is -2.25. The molecule has 2 heterocycles. The number of nitrogens with zero attached hydrogens (tertiary/aromatic N) is 2. The van der Waals surface area contributed by atoms with Gasteiger partial charge in [-0.1, -0.05) is 19.9 Å². The van der Waals surface area contributed by atoms with Gasteiger partial charge in [-0.3, -0.25) is 4.79 Å². The van der Waals surface area contributed by atoms with Gasteiger partial charge in [0.2, 0.25) is 10.0 Å². The van der Waals surface area contributed by atoms with Crippen molar-refractivity contribution in [3.8, 4) is 0 Å². The lowest BCUT2D eigenvalue weighted by molar-refractivity contribution is -0.122. The van der Waals surface area contributed by atoms with Crippen molar-refractivity contribution >= 4 is 16.5 Å². The van der Waals surface area contributed by atoms with Gasteiger partial charge in [0.15, 0.2) is 5.89 Å². The van der Waals surface area contributed by atoms with Crippen LogP contribution in [0.25, 0.3) is 0 Å². The summed E-state index contributed by atoms with van der Waals surface area (Å²) in [6, 6.07) is 3.81. The van der Waals surface area contributed by atoms with Gasteiger partial charge in [0.05, 0.1) is 17.1 Å². The fraction of sp³-hybridized carbons (Fsp3) is 0.412. The number of aryl methyl sites for hydroxylation is 1. The molecule has 3 rings (SSSR count). The third-order valence-electron chi connectivity index (χ3n) is 3.97. The Kier molecular flexibility index (Phi) is 6.14. The van der Waals surface area contributed by atoms with Crippen molar-refractivity contribution in [3.63, 3.8) is 0 Å². The van der Waals surface area contributed by atoms with E-state index in [0.29, 0.717) is 30.1 Å². The zero-order chi connectivity index (χ0) is 19.5. The van der Waals surface area contributed by atoms with Crippen molar-refractivity contribution in [2.75, 3.05) is 6.54 Å². The number of hydrogen-bond donors (Lipinski definition) is 1. The molecule has 1 aliphatic rings. The first-order valence-electron chi connectivity index (χ1n) is 8.03. The predicted octanol–water partition coefficient (Wildman–Crippen LogP) is 2.69. The zero-order valence-electron chi connectivity index (χ0n) is 14.8. The average Bonchev–Trinajstić information content (AvgIpc) is 3.01. The van der Waals surface area contributed by atoms with Crippen LogP contribution in [0, 0.1) is 12.7 Å². The van der Waals surface area contributed by atoms with Crippen molar-refractivity contribution in [1.82, 2.24) is 9.29 Å². The lowest BCUT2D eigenvalue weighted by atomic mass is 10.2. The van der Waals surface area contributed by atoms with E-state index in [9.17, 15) is 12.8 Å². The maximum absolute atomic E-state index is 13.5. The highest BCUT2D eigenvalue weighted by Gasteiger charge is 2.32. The van der Waals surface area contributed by atoms with Gasteiger partial charge in [-0.25, -0.2) is 17.8 Å². The topological polar surface area (TPSA) is 101 Å². The van der Waals surface area contributed by atoms with Crippen LogP contribution in [0.2, 0.25) is 0 Å². The van der Waals surface area contributed by atoms with Crippen LogP contribution in [-0.2, 0) is 27.8 Å². The van der Waals surface area contributed by atoms with E-state index in [4.69, 9.17) is 14.3 Å². The van der Waals surface area contributed by atoms with Crippen LogP contribution in [0.1, 0.15) is 42.7 Å². The molecule has 1 aromatic heterocycles.